The van der Waals surface area contributed by atoms with Crippen molar-refractivity contribution in [2.75, 3.05) is 4.90 Å². The van der Waals surface area contributed by atoms with Crippen molar-refractivity contribution in [2.24, 2.45) is 0 Å². The lowest BCUT2D eigenvalue weighted by Crippen LogP contribution is -2.16. The van der Waals surface area contributed by atoms with Gasteiger partial charge in [0.15, 0.2) is 11.5 Å². The van der Waals surface area contributed by atoms with E-state index in [1.807, 2.05) is 0 Å². The number of hydrogen-bond donors (Lipinski definition) is 0. The first kappa shape index (κ1) is 22.6. The average Bonchev–Trinajstić information content (AvgIpc) is 3.03. The summed E-state index contributed by atoms with van der Waals surface area (Å²) in [6.07, 6.45) is 0. The van der Waals surface area contributed by atoms with Crippen LogP contribution in [0.1, 0.15) is 0 Å². The summed E-state index contributed by atoms with van der Waals surface area (Å²) in [4.78, 5) is 2.32. The van der Waals surface area contributed by atoms with Crippen molar-refractivity contribution in [1.29, 1.82) is 0 Å². The molecule has 7 aromatic rings. The summed E-state index contributed by atoms with van der Waals surface area (Å²) in [7, 11) is 0. The van der Waals surface area contributed by atoms with E-state index in [0.717, 1.165) is 39.7 Å². The molecule has 7 aromatic carbocycles. The van der Waals surface area contributed by atoms with Crippen molar-refractivity contribution in [3.8, 4) is 33.8 Å². The minimum Gasteiger partial charge on any atom is -0.453 e. The number of rotatable bonds is 3. The number of hydrogen-bond acceptors (Lipinski definition) is 2. The van der Waals surface area contributed by atoms with Gasteiger partial charge in [-0.15, -0.1) is 0 Å². The summed E-state index contributed by atoms with van der Waals surface area (Å²) in [5.74, 6) is 1.69. The Kier molecular flexibility index (Phi) is 5.17. The molecule has 0 atom stereocenters. The Balaban J connectivity index is 1.28. The van der Waals surface area contributed by atoms with E-state index < -0.39 is 0 Å². The smallest absolute Gasteiger partial charge is 0.151 e. The van der Waals surface area contributed by atoms with E-state index in [-0.39, 0.29) is 0 Å². The van der Waals surface area contributed by atoms with Crippen LogP contribution in [0.4, 0.5) is 17.1 Å². The number of anilines is 3. The molecule has 1 heterocycles. The fraction of sp³-hybridized carbons (Fsp3) is 0. The van der Waals surface area contributed by atoms with Gasteiger partial charge >= 0.3 is 0 Å². The second-order valence-corrected chi connectivity index (χ2v) is 10.3. The van der Waals surface area contributed by atoms with Crippen LogP contribution in [0.5, 0.6) is 11.5 Å². The van der Waals surface area contributed by atoms with Crippen LogP contribution in [0.25, 0.3) is 43.8 Å². The molecule has 0 saturated heterocycles. The maximum absolute atomic E-state index is 6.51. The average molecular weight is 512 g/mol. The van der Waals surface area contributed by atoms with Crippen LogP contribution in [0.2, 0.25) is 0 Å². The molecule has 0 amide bonds. The third-order valence-corrected chi connectivity index (χ3v) is 7.80. The molecule has 1 aliphatic heterocycles. The predicted octanol–water partition coefficient (Wildman–Crippen LogP) is 10.9. The Bertz CT molecular complexity index is 1910. The first-order valence-corrected chi connectivity index (χ1v) is 13.6. The van der Waals surface area contributed by atoms with Gasteiger partial charge < -0.3 is 9.64 Å². The van der Waals surface area contributed by atoms with Crippen LogP contribution in [-0.2, 0) is 0 Å². The zero-order valence-corrected chi connectivity index (χ0v) is 21.8. The van der Waals surface area contributed by atoms with Gasteiger partial charge in [0.05, 0.1) is 11.4 Å². The molecule has 0 fully saturated rings. The van der Waals surface area contributed by atoms with Gasteiger partial charge in [0.1, 0.15) is 0 Å². The van der Waals surface area contributed by atoms with E-state index >= 15 is 0 Å². The molecular formula is C38H25NO. The van der Waals surface area contributed by atoms with Crippen LogP contribution in [-0.4, -0.2) is 0 Å². The van der Waals surface area contributed by atoms with Crippen molar-refractivity contribution in [3.05, 3.63) is 152 Å². The Labute approximate surface area is 233 Å². The van der Waals surface area contributed by atoms with Crippen LogP contribution in [0.3, 0.4) is 0 Å². The predicted molar refractivity (Wildman–Crippen MR) is 167 cm³/mol. The van der Waals surface area contributed by atoms with Crippen molar-refractivity contribution < 1.29 is 4.74 Å². The van der Waals surface area contributed by atoms with Gasteiger partial charge in [0, 0.05) is 5.69 Å². The van der Waals surface area contributed by atoms with Gasteiger partial charge in [-0.2, -0.15) is 0 Å². The highest BCUT2D eigenvalue weighted by Crippen LogP contribution is 2.52. The lowest BCUT2D eigenvalue weighted by molar-refractivity contribution is 0.477. The van der Waals surface area contributed by atoms with Gasteiger partial charge in [0.2, 0.25) is 0 Å². The van der Waals surface area contributed by atoms with E-state index in [9.17, 15) is 0 Å². The Morgan fingerprint density at radius 1 is 0.350 bits per heavy atom. The Morgan fingerprint density at radius 3 is 1.30 bits per heavy atom. The normalized spacial score (nSPS) is 12.2. The van der Waals surface area contributed by atoms with E-state index in [4.69, 9.17) is 4.74 Å². The molecule has 0 aliphatic carbocycles. The fourth-order valence-electron chi connectivity index (χ4n) is 5.76. The first-order valence-electron chi connectivity index (χ1n) is 13.6. The quantitative estimate of drug-likeness (QED) is 0.234. The van der Waals surface area contributed by atoms with Crippen LogP contribution in [0.15, 0.2) is 152 Å². The molecule has 0 aromatic heterocycles. The molecule has 0 radical (unpaired) electrons. The molecular weight excluding hydrogens is 486 g/mol. The van der Waals surface area contributed by atoms with Gasteiger partial charge in [0.25, 0.3) is 0 Å². The maximum atomic E-state index is 6.51. The third kappa shape index (κ3) is 3.81. The highest BCUT2D eigenvalue weighted by molar-refractivity contribution is 5.93. The second-order valence-electron chi connectivity index (χ2n) is 10.3. The lowest BCUT2D eigenvalue weighted by atomic mass is 9.98. The summed E-state index contributed by atoms with van der Waals surface area (Å²) in [6, 6.07) is 53.8. The zero-order chi connectivity index (χ0) is 26.5. The molecule has 188 valence electrons. The van der Waals surface area contributed by atoms with Gasteiger partial charge in [-0.25, -0.2) is 0 Å². The lowest BCUT2D eigenvalue weighted by Gasteiger charge is -2.33. The van der Waals surface area contributed by atoms with Gasteiger partial charge in [-0.05, 0) is 92.3 Å². The number of ether oxygens (including phenoxy) is 1. The van der Waals surface area contributed by atoms with Crippen molar-refractivity contribution >= 4 is 38.6 Å². The van der Waals surface area contributed by atoms with E-state index in [0.29, 0.717) is 0 Å². The van der Waals surface area contributed by atoms with Crippen molar-refractivity contribution in [3.63, 3.8) is 0 Å². The SMILES string of the molecule is c1ccc(N2c3cc(-c4ccc5ccccc5c4)ccc3Oc3ccc(-c4ccc5ccccc5c4)cc32)cc1. The van der Waals surface area contributed by atoms with Crippen molar-refractivity contribution in [2.45, 2.75) is 0 Å². The highest BCUT2D eigenvalue weighted by atomic mass is 16.5. The number of para-hydroxylation sites is 1. The van der Waals surface area contributed by atoms with Crippen molar-refractivity contribution in [1.82, 2.24) is 0 Å². The summed E-state index contributed by atoms with van der Waals surface area (Å²) in [5, 5.41) is 4.96. The second kappa shape index (κ2) is 9.14. The summed E-state index contributed by atoms with van der Waals surface area (Å²) in [6.45, 7) is 0. The number of nitrogens with zero attached hydrogens (tertiary/aromatic N) is 1. The monoisotopic (exact) mass is 511 g/mol. The topological polar surface area (TPSA) is 12.5 Å². The molecule has 0 N–H and O–H groups in total. The standard InChI is InChI=1S/C38H25NO/c1-2-12-34(13-3-1)39-35-24-32(30-16-14-26-8-4-6-10-28(26)22-30)18-20-37(35)40-38-21-19-33(25-36(38)39)31-17-15-27-9-5-7-11-29(27)23-31/h1-25H. The molecule has 2 nitrogen and oxygen atoms in total. The molecule has 2 heteroatoms. The van der Waals surface area contributed by atoms with E-state index in [1.54, 1.807) is 0 Å². The highest BCUT2D eigenvalue weighted by Gasteiger charge is 2.27. The molecule has 0 spiro atoms. The molecule has 1 aliphatic rings. The largest absolute Gasteiger partial charge is 0.453 e. The van der Waals surface area contributed by atoms with Crippen LogP contribution < -0.4 is 9.64 Å². The Morgan fingerprint density at radius 2 is 0.775 bits per heavy atom. The Hall–Kier alpha value is -5.34. The summed E-state index contributed by atoms with van der Waals surface area (Å²) in [5.41, 5.74) is 7.83. The molecule has 0 unspecified atom stereocenters. The summed E-state index contributed by atoms with van der Waals surface area (Å²) >= 11 is 0. The zero-order valence-electron chi connectivity index (χ0n) is 21.8. The minimum absolute atomic E-state index is 0.847. The first-order chi connectivity index (χ1) is 19.8. The van der Waals surface area contributed by atoms with E-state index in [1.165, 1.54) is 32.7 Å². The number of fused-ring (bicyclic) bond motifs is 4. The molecule has 8 rings (SSSR count). The minimum atomic E-state index is 0.847. The molecule has 40 heavy (non-hydrogen) atoms. The maximum Gasteiger partial charge on any atom is 0.151 e. The van der Waals surface area contributed by atoms with Gasteiger partial charge in [-0.1, -0.05) is 103 Å². The number of benzene rings is 7. The molecule has 0 bridgehead atoms. The van der Waals surface area contributed by atoms with Gasteiger partial charge in [-0.3, -0.25) is 0 Å². The summed E-state index contributed by atoms with van der Waals surface area (Å²) < 4.78 is 6.51. The third-order valence-electron chi connectivity index (χ3n) is 7.80. The van der Waals surface area contributed by atoms with E-state index in [2.05, 4.69) is 157 Å². The molecule has 0 saturated carbocycles. The van der Waals surface area contributed by atoms with Crippen LogP contribution >= 0.6 is 0 Å². The van der Waals surface area contributed by atoms with Crippen LogP contribution in [0, 0.1) is 0 Å². The fourth-order valence-corrected chi connectivity index (χ4v) is 5.76.